The van der Waals surface area contributed by atoms with E-state index in [-0.39, 0.29) is 26.2 Å². The molecule has 1 aromatic carbocycles. The number of rotatable bonds is 13. The second-order valence-corrected chi connectivity index (χ2v) is 10.8. The molecule has 9 nitrogen and oxygen atoms in total. The van der Waals surface area contributed by atoms with Gasteiger partial charge in [0.15, 0.2) is 0 Å². The van der Waals surface area contributed by atoms with Gasteiger partial charge in [0, 0.05) is 26.8 Å². The van der Waals surface area contributed by atoms with Crippen molar-refractivity contribution in [2.45, 2.75) is 78.2 Å². The highest BCUT2D eigenvalue weighted by molar-refractivity contribution is 6.00. The van der Waals surface area contributed by atoms with Gasteiger partial charge in [-0.05, 0) is 78.5 Å². The maximum Gasteiger partial charge on any atom is 0.416 e. The summed E-state index contributed by atoms with van der Waals surface area (Å²) in [6.45, 7) is 11.3. The van der Waals surface area contributed by atoms with Crippen molar-refractivity contribution in [2.24, 2.45) is 5.16 Å². The number of nitrogens with one attached hydrogen (secondary N) is 1. The highest BCUT2D eigenvalue weighted by atomic mass is 19.4. The minimum absolute atomic E-state index is 0.00607. The number of methoxy groups -OCH3 is 1. The Morgan fingerprint density at radius 2 is 1.51 bits per heavy atom. The molecular formula is C27H42F3N3O6. The fourth-order valence-corrected chi connectivity index (χ4v) is 3.14. The Bertz CT molecular complexity index is 923. The molecule has 0 saturated heterocycles. The highest BCUT2D eigenvalue weighted by Gasteiger charge is 2.30. The van der Waals surface area contributed by atoms with E-state index in [1.54, 1.807) is 48.7 Å². The summed E-state index contributed by atoms with van der Waals surface area (Å²) in [6, 6.07) is 4.72. The Morgan fingerprint density at radius 3 is 2.05 bits per heavy atom. The van der Waals surface area contributed by atoms with Gasteiger partial charge in [0.25, 0.3) is 0 Å². The third-order valence-electron chi connectivity index (χ3n) is 4.89. The molecule has 0 aromatic heterocycles. The lowest BCUT2D eigenvalue weighted by Crippen LogP contribution is -2.43. The Balaban J connectivity index is 2.87. The number of carbonyl (C=O) groups is 2. The maximum atomic E-state index is 13.0. The molecule has 0 spiro atoms. The van der Waals surface area contributed by atoms with Gasteiger partial charge in [-0.15, -0.1) is 0 Å². The summed E-state index contributed by atoms with van der Waals surface area (Å²) in [6.07, 6.45) is -3.74. The van der Waals surface area contributed by atoms with E-state index in [9.17, 15) is 22.8 Å². The second kappa shape index (κ2) is 15.5. The van der Waals surface area contributed by atoms with E-state index in [1.807, 2.05) is 0 Å². The van der Waals surface area contributed by atoms with Crippen molar-refractivity contribution >= 4 is 17.9 Å². The Morgan fingerprint density at radius 1 is 0.897 bits per heavy atom. The molecule has 12 heteroatoms. The molecule has 0 atom stereocenters. The first kappa shape index (κ1) is 34.0. The molecule has 0 fully saturated rings. The predicted molar refractivity (Wildman–Crippen MR) is 142 cm³/mol. The monoisotopic (exact) mass is 561 g/mol. The van der Waals surface area contributed by atoms with Crippen molar-refractivity contribution in [1.29, 1.82) is 0 Å². The van der Waals surface area contributed by atoms with Gasteiger partial charge in [0.2, 0.25) is 0 Å². The van der Waals surface area contributed by atoms with Gasteiger partial charge in [0.05, 0.1) is 17.8 Å². The van der Waals surface area contributed by atoms with Gasteiger partial charge in [-0.1, -0.05) is 17.3 Å². The van der Waals surface area contributed by atoms with E-state index in [0.29, 0.717) is 30.7 Å². The number of benzene rings is 1. The van der Waals surface area contributed by atoms with Gasteiger partial charge < -0.3 is 29.3 Å². The summed E-state index contributed by atoms with van der Waals surface area (Å²) in [4.78, 5) is 31.5. The van der Waals surface area contributed by atoms with Gasteiger partial charge in [0.1, 0.15) is 17.8 Å². The SMILES string of the molecule is COCCCC/C(=N\OCCN(CCNC(=O)OC(C)(C)C)C(=O)OC(C)(C)C)c1ccc(C(F)(F)F)cc1. The molecule has 39 heavy (non-hydrogen) atoms. The summed E-state index contributed by atoms with van der Waals surface area (Å²) in [5.41, 5.74) is -1.15. The van der Waals surface area contributed by atoms with Crippen LogP contribution in [-0.4, -0.2) is 74.0 Å². The number of carbonyl (C=O) groups excluding carboxylic acids is 2. The van der Waals surface area contributed by atoms with Crippen molar-refractivity contribution in [3.05, 3.63) is 35.4 Å². The number of oxime groups is 1. The molecule has 0 saturated carbocycles. The molecule has 0 aliphatic heterocycles. The van der Waals surface area contributed by atoms with E-state index in [0.717, 1.165) is 18.6 Å². The van der Waals surface area contributed by atoms with E-state index in [2.05, 4.69) is 10.5 Å². The van der Waals surface area contributed by atoms with Crippen LogP contribution in [0.3, 0.4) is 0 Å². The number of nitrogens with zero attached hydrogens (tertiary/aromatic N) is 2. The van der Waals surface area contributed by atoms with E-state index in [4.69, 9.17) is 19.0 Å². The number of alkyl halides is 3. The number of alkyl carbamates (subject to hydrolysis) is 1. The quantitative estimate of drug-likeness (QED) is 0.180. The van der Waals surface area contributed by atoms with Crippen molar-refractivity contribution < 1.29 is 41.8 Å². The number of hydrogen-bond acceptors (Lipinski definition) is 7. The third kappa shape index (κ3) is 15.2. The van der Waals surface area contributed by atoms with Crippen molar-refractivity contribution in [1.82, 2.24) is 10.2 Å². The highest BCUT2D eigenvalue weighted by Crippen LogP contribution is 2.29. The average Bonchev–Trinajstić information content (AvgIpc) is 2.79. The Hall–Kier alpha value is -3.02. The van der Waals surface area contributed by atoms with Crippen LogP contribution in [-0.2, 0) is 25.2 Å². The van der Waals surface area contributed by atoms with Crippen molar-refractivity contribution in [2.75, 3.05) is 40.0 Å². The van der Waals surface area contributed by atoms with Gasteiger partial charge in [-0.25, -0.2) is 9.59 Å². The summed E-state index contributed by atoms with van der Waals surface area (Å²) in [7, 11) is 1.59. The topological polar surface area (TPSA) is 98.7 Å². The standard InChI is InChI=1S/C27H42F3N3O6/c1-25(2,3)38-23(34)31-15-16-33(24(35)39-26(4,5)6)17-19-37-32-22(10-8-9-18-36-7)20-11-13-21(14-12-20)27(28,29)30/h11-14H,8-10,15-19H2,1-7H3,(H,31,34)/b32-22+. The molecule has 0 aliphatic carbocycles. The lowest BCUT2D eigenvalue weighted by molar-refractivity contribution is -0.137. The largest absolute Gasteiger partial charge is 0.444 e. The van der Waals surface area contributed by atoms with Crippen LogP contribution < -0.4 is 5.32 Å². The van der Waals surface area contributed by atoms with E-state index < -0.39 is 35.1 Å². The van der Waals surface area contributed by atoms with Crippen LogP contribution in [0.2, 0.25) is 0 Å². The number of hydrogen-bond donors (Lipinski definition) is 1. The molecule has 0 bridgehead atoms. The second-order valence-electron chi connectivity index (χ2n) is 10.8. The van der Waals surface area contributed by atoms with Crippen LogP contribution >= 0.6 is 0 Å². The van der Waals surface area contributed by atoms with Gasteiger partial charge >= 0.3 is 18.4 Å². The fraction of sp³-hybridized carbons (Fsp3) is 0.667. The number of unbranched alkanes of at least 4 members (excludes halogenated alkanes) is 1. The van der Waals surface area contributed by atoms with Crippen LogP contribution in [0.15, 0.2) is 29.4 Å². The molecule has 0 heterocycles. The van der Waals surface area contributed by atoms with Crippen LogP contribution in [0.5, 0.6) is 0 Å². The van der Waals surface area contributed by atoms with Crippen LogP contribution in [0.25, 0.3) is 0 Å². The van der Waals surface area contributed by atoms with Crippen LogP contribution in [0.1, 0.15) is 71.9 Å². The van der Waals surface area contributed by atoms with Crippen molar-refractivity contribution in [3.63, 3.8) is 0 Å². The predicted octanol–water partition coefficient (Wildman–Crippen LogP) is 6.00. The number of halogens is 3. The summed E-state index contributed by atoms with van der Waals surface area (Å²) in [5.74, 6) is 0. The van der Waals surface area contributed by atoms with Gasteiger partial charge in [-0.3, -0.25) is 0 Å². The van der Waals surface area contributed by atoms with E-state index >= 15 is 0 Å². The molecule has 0 unspecified atom stereocenters. The van der Waals surface area contributed by atoms with Crippen LogP contribution in [0.4, 0.5) is 22.8 Å². The lowest BCUT2D eigenvalue weighted by atomic mass is 10.0. The number of ether oxygens (including phenoxy) is 3. The average molecular weight is 562 g/mol. The summed E-state index contributed by atoms with van der Waals surface area (Å²) >= 11 is 0. The first-order valence-electron chi connectivity index (χ1n) is 12.8. The molecule has 2 amide bonds. The summed E-state index contributed by atoms with van der Waals surface area (Å²) < 4.78 is 54.6. The zero-order valence-electron chi connectivity index (χ0n) is 23.9. The Labute approximate surface area is 229 Å². The zero-order valence-corrected chi connectivity index (χ0v) is 23.9. The normalized spacial score (nSPS) is 12.6. The smallest absolute Gasteiger partial charge is 0.416 e. The fourth-order valence-electron chi connectivity index (χ4n) is 3.14. The minimum Gasteiger partial charge on any atom is -0.444 e. The first-order chi connectivity index (χ1) is 18.0. The molecule has 1 N–H and O–H groups in total. The maximum absolute atomic E-state index is 13.0. The number of amides is 2. The first-order valence-corrected chi connectivity index (χ1v) is 12.8. The van der Waals surface area contributed by atoms with Gasteiger partial charge in [-0.2, -0.15) is 13.2 Å². The minimum atomic E-state index is -4.44. The molecule has 1 rings (SSSR count). The third-order valence-corrected chi connectivity index (χ3v) is 4.89. The Kier molecular flexibility index (Phi) is 13.6. The van der Waals surface area contributed by atoms with Crippen molar-refractivity contribution in [3.8, 4) is 0 Å². The molecule has 0 aliphatic rings. The molecule has 222 valence electrons. The zero-order chi connectivity index (χ0) is 29.7. The van der Waals surface area contributed by atoms with E-state index in [1.165, 1.54) is 17.0 Å². The summed E-state index contributed by atoms with van der Waals surface area (Å²) in [5, 5.41) is 6.76. The van der Waals surface area contributed by atoms with Crippen LogP contribution in [0, 0.1) is 0 Å². The lowest BCUT2D eigenvalue weighted by Gasteiger charge is -2.27. The molecular weight excluding hydrogens is 519 g/mol. The molecule has 1 aromatic rings. The molecule has 0 radical (unpaired) electrons.